The molecule has 0 radical (unpaired) electrons. The van der Waals surface area contributed by atoms with Crippen LogP contribution in [-0.2, 0) is 0 Å². The third kappa shape index (κ3) is 2.83. The van der Waals surface area contributed by atoms with Gasteiger partial charge < -0.3 is 10.2 Å². The summed E-state index contributed by atoms with van der Waals surface area (Å²) in [6.45, 7) is 3.78. The van der Waals surface area contributed by atoms with Crippen molar-refractivity contribution < 1.29 is 4.79 Å². The molecule has 0 bridgehead atoms. The van der Waals surface area contributed by atoms with E-state index in [0.717, 1.165) is 30.2 Å². The third-order valence-corrected chi connectivity index (χ3v) is 5.98. The van der Waals surface area contributed by atoms with E-state index in [2.05, 4.69) is 15.3 Å². The van der Waals surface area contributed by atoms with Crippen LogP contribution in [-0.4, -0.2) is 39.9 Å². The number of likely N-dealkylation sites (tertiary alicyclic amines) is 1. The normalized spacial score (nSPS) is 26.3. The molecule has 0 aromatic carbocycles. The number of hydrogen-bond acceptors (Lipinski definition) is 5. The SMILES string of the molecule is Cc1ccc(C(=O)N2C[C@H]3CC[C@@H](Nc4cnccn4)[C@H]3C2)s1. The van der Waals surface area contributed by atoms with Crippen molar-refractivity contribution in [3.63, 3.8) is 0 Å². The van der Waals surface area contributed by atoms with Crippen molar-refractivity contribution in [1.29, 1.82) is 0 Å². The standard InChI is InChI=1S/C17H20N4OS/c1-11-2-5-15(23-11)17(22)21-9-12-3-4-14(13(12)10-21)20-16-8-18-6-7-19-16/h2,5-8,12-14H,3-4,9-10H2,1H3,(H,19,20)/t12-,13+,14-/m1/s1. The zero-order valence-electron chi connectivity index (χ0n) is 13.1. The fraction of sp³-hybridized carbons (Fsp3) is 0.471. The molecule has 1 saturated carbocycles. The lowest BCUT2D eigenvalue weighted by Gasteiger charge is -2.21. The van der Waals surface area contributed by atoms with Crippen LogP contribution in [0.25, 0.3) is 0 Å². The largest absolute Gasteiger partial charge is 0.366 e. The number of nitrogens with zero attached hydrogens (tertiary/aromatic N) is 3. The Labute approximate surface area is 139 Å². The summed E-state index contributed by atoms with van der Waals surface area (Å²) in [4.78, 5) is 25.2. The molecule has 2 fully saturated rings. The van der Waals surface area contributed by atoms with Gasteiger partial charge in [-0.05, 0) is 37.8 Å². The zero-order valence-corrected chi connectivity index (χ0v) is 13.9. The second kappa shape index (κ2) is 5.92. The van der Waals surface area contributed by atoms with E-state index in [1.165, 1.54) is 11.3 Å². The molecule has 2 aromatic heterocycles. The molecular formula is C17H20N4OS. The summed E-state index contributed by atoms with van der Waals surface area (Å²) in [5, 5.41) is 3.51. The number of fused-ring (bicyclic) bond motifs is 1. The monoisotopic (exact) mass is 328 g/mol. The Bertz CT molecular complexity index is 702. The van der Waals surface area contributed by atoms with Gasteiger partial charge in [-0.2, -0.15) is 0 Å². The molecular weight excluding hydrogens is 308 g/mol. The summed E-state index contributed by atoms with van der Waals surface area (Å²) < 4.78 is 0. The second-order valence-corrected chi connectivity index (χ2v) is 7.75. The van der Waals surface area contributed by atoms with Crippen LogP contribution in [0.5, 0.6) is 0 Å². The summed E-state index contributed by atoms with van der Waals surface area (Å²) >= 11 is 1.59. The first-order valence-corrected chi connectivity index (χ1v) is 8.90. The van der Waals surface area contributed by atoms with Crippen LogP contribution in [0, 0.1) is 18.8 Å². The number of nitrogens with one attached hydrogen (secondary N) is 1. The predicted molar refractivity (Wildman–Crippen MR) is 90.6 cm³/mol. The minimum Gasteiger partial charge on any atom is -0.366 e. The third-order valence-electron chi connectivity index (χ3n) is 4.99. The highest BCUT2D eigenvalue weighted by Crippen LogP contribution is 2.40. The highest BCUT2D eigenvalue weighted by molar-refractivity contribution is 7.13. The summed E-state index contributed by atoms with van der Waals surface area (Å²) in [7, 11) is 0. The molecule has 23 heavy (non-hydrogen) atoms. The van der Waals surface area contributed by atoms with Gasteiger partial charge in [-0.1, -0.05) is 0 Å². The lowest BCUT2D eigenvalue weighted by molar-refractivity contribution is 0.0785. The van der Waals surface area contributed by atoms with E-state index in [1.54, 1.807) is 29.9 Å². The highest BCUT2D eigenvalue weighted by atomic mass is 32.1. The molecule has 4 rings (SSSR count). The molecule has 120 valence electrons. The summed E-state index contributed by atoms with van der Waals surface area (Å²) in [6.07, 6.45) is 7.47. The van der Waals surface area contributed by atoms with Crippen LogP contribution in [0.3, 0.4) is 0 Å². The number of rotatable bonds is 3. The molecule has 0 spiro atoms. The quantitative estimate of drug-likeness (QED) is 0.941. The number of aromatic nitrogens is 2. The minimum atomic E-state index is 0.191. The first-order chi connectivity index (χ1) is 11.2. The van der Waals surface area contributed by atoms with Crippen molar-refractivity contribution in [2.24, 2.45) is 11.8 Å². The van der Waals surface area contributed by atoms with Gasteiger partial charge >= 0.3 is 0 Å². The van der Waals surface area contributed by atoms with E-state index in [-0.39, 0.29) is 5.91 Å². The molecule has 1 saturated heterocycles. The molecule has 1 amide bonds. The molecule has 5 nitrogen and oxygen atoms in total. The van der Waals surface area contributed by atoms with Crippen LogP contribution in [0.15, 0.2) is 30.7 Å². The van der Waals surface area contributed by atoms with Gasteiger partial charge in [0.25, 0.3) is 5.91 Å². The summed E-state index contributed by atoms with van der Waals surface area (Å²) in [6, 6.07) is 4.36. The van der Waals surface area contributed by atoms with Gasteiger partial charge in [0, 0.05) is 42.3 Å². The van der Waals surface area contributed by atoms with Crippen molar-refractivity contribution in [3.05, 3.63) is 40.5 Å². The van der Waals surface area contributed by atoms with Crippen LogP contribution in [0.2, 0.25) is 0 Å². The van der Waals surface area contributed by atoms with Crippen molar-refractivity contribution >= 4 is 23.1 Å². The maximum Gasteiger partial charge on any atom is 0.263 e. The number of anilines is 1. The number of amides is 1. The summed E-state index contributed by atoms with van der Waals surface area (Å²) in [5.74, 6) is 2.14. The Morgan fingerprint density at radius 1 is 1.30 bits per heavy atom. The van der Waals surface area contributed by atoms with Crippen molar-refractivity contribution in [3.8, 4) is 0 Å². The Balaban J connectivity index is 1.44. The Hall–Kier alpha value is -1.95. The van der Waals surface area contributed by atoms with Gasteiger partial charge in [-0.25, -0.2) is 4.98 Å². The molecule has 2 aromatic rings. The zero-order chi connectivity index (χ0) is 15.8. The van der Waals surface area contributed by atoms with Crippen molar-refractivity contribution in [1.82, 2.24) is 14.9 Å². The van der Waals surface area contributed by atoms with Gasteiger partial charge in [-0.3, -0.25) is 9.78 Å². The van der Waals surface area contributed by atoms with E-state index in [1.807, 2.05) is 24.0 Å². The number of aryl methyl sites for hydroxylation is 1. The average molecular weight is 328 g/mol. The Morgan fingerprint density at radius 3 is 2.96 bits per heavy atom. The molecule has 1 aliphatic heterocycles. The van der Waals surface area contributed by atoms with Crippen LogP contribution >= 0.6 is 11.3 Å². The molecule has 3 heterocycles. The minimum absolute atomic E-state index is 0.191. The number of hydrogen-bond donors (Lipinski definition) is 1. The number of carbonyl (C=O) groups is 1. The van der Waals surface area contributed by atoms with E-state index in [9.17, 15) is 4.79 Å². The maximum atomic E-state index is 12.6. The van der Waals surface area contributed by atoms with Gasteiger partial charge in [0.1, 0.15) is 5.82 Å². The predicted octanol–water partition coefficient (Wildman–Crippen LogP) is 2.81. The van der Waals surface area contributed by atoms with Crippen molar-refractivity contribution in [2.45, 2.75) is 25.8 Å². The molecule has 2 aliphatic rings. The van der Waals surface area contributed by atoms with Crippen LogP contribution in [0.1, 0.15) is 27.4 Å². The Morgan fingerprint density at radius 2 is 2.22 bits per heavy atom. The molecule has 3 atom stereocenters. The van der Waals surface area contributed by atoms with E-state index in [0.29, 0.717) is 17.9 Å². The van der Waals surface area contributed by atoms with Gasteiger partial charge in [-0.15, -0.1) is 11.3 Å². The van der Waals surface area contributed by atoms with Crippen molar-refractivity contribution in [2.75, 3.05) is 18.4 Å². The lowest BCUT2D eigenvalue weighted by Crippen LogP contribution is -2.33. The maximum absolute atomic E-state index is 12.6. The topological polar surface area (TPSA) is 58.1 Å². The van der Waals surface area contributed by atoms with Crippen LogP contribution < -0.4 is 5.32 Å². The fourth-order valence-corrected chi connectivity index (χ4v) is 4.71. The number of thiophene rings is 1. The molecule has 1 N–H and O–H groups in total. The van der Waals surface area contributed by atoms with E-state index >= 15 is 0 Å². The van der Waals surface area contributed by atoms with Gasteiger partial charge in [0.05, 0.1) is 11.1 Å². The molecule has 6 heteroatoms. The van der Waals surface area contributed by atoms with E-state index < -0.39 is 0 Å². The molecule has 1 aliphatic carbocycles. The molecule has 0 unspecified atom stereocenters. The first-order valence-electron chi connectivity index (χ1n) is 8.09. The first kappa shape index (κ1) is 14.6. The fourth-order valence-electron chi connectivity index (χ4n) is 3.88. The average Bonchev–Trinajstić information content (AvgIpc) is 3.25. The second-order valence-electron chi connectivity index (χ2n) is 6.46. The highest BCUT2D eigenvalue weighted by Gasteiger charge is 2.44. The van der Waals surface area contributed by atoms with Gasteiger partial charge in [0.2, 0.25) is 0 Å². The van der Waals surface area contributed by atoms with E-state index in [4.69, 9.17) is 0 Å². The lowest BCUT2D eigenvalue weighted by atomic mass is 9.98. The smallest absolute Gasteiger partial charge is 0.263 e. The summed E-state index contributed by atoms with van der Waals surface area (Å²) in [5.41, 5.74) is 0. The van der Waals surface area contributed by atoms with Crippen LogP contribution in [0.4, 0.5) is 5.82 Å². The Kier molecular flexibility index (Phi) is 3.77. The number of carbonyl (C=O) groups excluding carboxylic acids is 1. The van der Waals surface area contributed by atoms with Gasteiger partial charge in [0.15, 0.2) is 0 Å².